The van der Waals surface area contributed by atoms with Crippen LogP contribution in [0, 0.1) is 11.3 Å². The van der Waals surface area contributed by atoms with Gasteiger partial charge in [0, 0.05) is 24.1 Å². The quantitative estimate of drug-likeness (QED) is 0.880. The number of carbonyl (C=O) groups is 2. The molecule has 1 aromatic carbocycles. The van der Waals surface area contributed by atoms with Crippen molar-refractivity contribution in [3.63, 3.8) is 0 Å². The van der Waals surface area contributed by atoms with Crippen LogP contribution in [0.4, 0.5) is 0 Å². The molecule has 1 aromatic rings. The van der Waals surface area contributed by atoms with Gasteiger partial charge in [-0.15, -0.1) is 0 Å². The summed E-state index contributed by atoms with van der Waals surface area (Å²) < 4.78 is 0. The fourth-order valence-corrected chi connectivity index (χ4v) is 3.94. The van der Waals surface area contributed by atoms with E-state index < -0.39 is 0 Å². The Hall–Kier alpha value is -1.88. The molecule has 24 heavy (non-hydrogen) atoms. The first kappa shape index (κ1) is 17.0. The molecule has 2 amide bonds. The molecule has 0 aromatic heterocycles. The third-order valence-electron chi connectivity index (χ3n) is 5.53. The van der Waals surface area contributed by atoms with Gasteiger partial charge in [-0.05, 0) is 62.4 Å². The number of carbonyl (C=O) groups excluding carboxylic acids is 2. The van der Waals surface area contributed by atoms with Crippen LogP contribution in [0.25, 0.3) is 0 Å². The topological polar surface area (TPSA) is 75.4 Å². The van der Waals surface area contributed by atoms with Gasteiger partial charge in [-0.1, -0.05) is 19.1 Å². The van der Waals surface area contributed by atoms with Crippen molar-refractivity contribution < 1.29 is 9.59 Å². The van der Waals surface area contributed by atoms with Crippen LogP contribution in [0.15, 0.2) is 24.3 Å². The van der Waals surface area contributed by atoms with E-state index >= 15 is 0 Å². The molecule has 130 valence electrons. The molecule has 3 rings (SSSR count). The second kappa shape index (κ2) is 6.93. The highest BCUT2D eigenvalue weighted by atomic mass is 16.2. The van der Waals surface area contributed by atoms with E-state index in [2.05, 4.69) is 12.2 Å². The van der Waals surface area contributed by atoms with Gasteiger partial charge in [0.1, 0.15) is 0 Å². The zero-order valence-corrected chi connectivity index (χ0v) is 14.4. The third-order valence-corrected chi connectivity index (χ3v) is 5.53. The van der Waals surface area contributed by atoms with Crippen LogP contribution in [-0.4, -0.2) is 42.9 Å². The molecule has 0 saturated carbocycles. The molecule has 2 aliphatic rings. The standard InChI is InChI=1S/C19H27N3O2/c1-19(6-8-21-9-7-19)18(24)22-10-5-15(13-22)11-14-3-2-4-16(12-14)17(20)23/h2-4,12,15,21H,5-11,13H2,1H3,(H2,20,23)/t15-/m0/s1. The summed E-state index contributed by atoms with van der Waals surface area (Å²) in [6.45, 7) is 5.64. The van der Waals surface area contributed by atoms with E-state index in [4.69, 9.17) is 5.73 Å². The summed E-state index contributed by atoms with van der Waals surface area (Å²) in [5.74, 6) is 0.388. The van der Waals surface area contributed by atoms with E-state index in [0.29, 0.717) is 17.4 Å². The molecule has 2 heterocycles. The summed E-state index contributed by atoms with van der Waals surface area (Å²) in [6, 6.07) is 7.53. The van der Waals surface area contributed by atoms with Crippen molar-refractivity contribution in [3.8, 4) is 0 Å². The lowest BCUT2D eigenvalue weighted by Crippen LogP contribution is -2.47. The van der Waals surface area contributed by atoms with Gasteiger partial charge in [0.15, 0.2) is 0 Å². The van der Waals surface area contributed by atoms with Gasteiger partial charge in [0.2, 0.25) is 11.8 Å². The molecule has 5 heteroatoms. The molecule has 0 radical (unpaired) electrons. The lowest BCUT2D eigenvalue weighted by Gasteiger charge is -2.36. The number of hydrogen-bond donors (Lipinski definition) is 2. The van der Waals surface area contributed by atoms with Crippen molar-refractivity contribution in [1.29, 1.82) is 0 Å². The lowest BCUT2D eigenvalue weighted by atomic mass is 9.79. The van der Waals surface area contributed by atoms with Crippen molar-refractivity contribution in [2.45, 2.75) is 32.6 Å². The van der Waals surface area contributed by atoms with Crippen LogP contribution in [-0.2, 0) is 11.2 Å². The van der Waals surface area contributed by atoms with Crippen molar-refractivity contribution in [1.82, 2.24) is 10.2 Å². The Morgan fingerprint density at radius 1 is 1.33 bits per heavy atom. The second-order valence-corrected chi connectivity index (χ2v) is 7.49. The highest BCUT2D eigenvalue weighted by molar-refractivity contribution is 5.92. The first-order valence-corrected chi connectivity index (χ1v) is 8.87. The maximum atomic E-state index is 12.9. The molecule has 3 N–H and O–H groups in total. The number of rotatable bonds is 4. The highest BCUT2D eigenvalue weighted by Gasteiger charge is 2.39. The van der Waals surface area contributed by atoms with Gasteiger partial charge in [0.25, 0.3) is 0 Å². The summed E-state index contributed by atoms with van der Waals surface area (Å²) in [6.07, 6.45) is 3.77. The zero-order chi connectivity index (χ0) is 17.2. The molecule has 0 spiro atoms. The number of nitrogens with zero attached hydrogens (tertiary/aromatic N) is 1. The van der Waals surface area contributed by atoms with Crippen molar-refractivity contribution >= 4 is 11.8 Å². The third kappa shape index (κ3) is 3.61. The fraction of sp³-hybridized carbons (Fsp3) is 0.579. The summed E-state index contributed by atoms with van der Waals surface area (Å²) in [5, 5.41) is 3.33. The van der Waals surface area contributed by atoms with Crippen LogP contribution in [0.5, 0.6) is 0 Å². The number of nitrogens with one attached hydrogen (secondary N) is 1. The SMILES string of the molecule is CC1(C(=O)N2CC[C@@H](Cc3cccc(C(N)=O)c3)C2)CCNCC1. The molecular weight excluding hydrogens is 302 g/mol. The van der Waals surface area contributed by atoms with Gasteiger partial charge < -0.3 is 16.0 Å². The Morgan fingerprint density at radius 3 is 2.79 bits per heavy atom. The summed E-state index contributed by atoms with van der Waals surface area (Å²) in [4.78, 5) is 26.3. The monoisotopic (exact) mass is 329 g/mol. The van der Waals surface area contributed by atoms with E-state index in [0.717, 1.165) is 57.4 Å². The first-order valence-electron chi connectivity index (χ1n) is 8.87. The molecule has 0 unspecified atom stereocenters. The van der Waals surface area contributed by atoms with Gasteiger partial charge >= 0.3 is 0 Å². The Morgan fingerprint density at radius 2 is 2.08 bits per heavy atom. The van der Waals surface area contributed by atoms with E-state index in [1.165, 1.54) is 0 Å². The maximum Gasteiger partial charge on any atom is 0.248 e. The number of piperidine rings is 1. The van der Waals surface area contributed by atoms with Crippen LogP contribution in [0.3, 0.4) is 0 Å². The Labute approximate surface area is 143 Å². The van der Waals surface area contributed by atoms with E-state index in [-0.39, 0.29) is 11.3 Å². The van der Waals surface area contributed by atoms with E-state index in [1.807, 2.05) is 23.1 Å². The minimum atomic E-state index is -0.390. The molecule has 0 bridgehead atoms. The zero-order valence-electron chi connectivity index (χ0n) is 14.4. The van der Waals surface area contributed by atoms with Crippen molar-refractivity contribution in [2.75, 3.05) is 26.2 Å². The van der Waals surface area contributed by atoms with Crippen LogP contribution in [0.2, 0.25) is 0 Å². The van der Waals surface area contributed by atoms with Gasteiger partial charge in [-0.2, -0.15) is 0 Å². The Bertz CT molecular complexity index is 623. The Balaban J connectivity index is 1.60. The van der Waals surface area contributed by atoms with Crippen LogP contribution >= 0.6 is 0 Å². The molecule has 2 saturated heterocycles. The number of likely N-dealkylation sites (tertiary alicyclic amines) is 1. The fourth-order valence-electron chi connectivity index (χ4n) is 3.94. The normalized spacial score (nSPS) is 23.2. The van der Waals surface area contributed by atoms with Gasteiger partial charge in [0.05, 0.1) is 0 Å². The van der Waals surface area contributed by atoms with Crippen LogP contribution < -0.4 is 11.1 Å². The number of primary amides is 1. The molecule has 5 nitrogen and oxygen atoms in total. The number of benzene rings is 1. The maximum absolute atomic E-state index is 12.9. The van der Waals surface area contributed by atoms with E-state index in [9.17, 15) is 9.59 Å². The van der Waals surface area contributed by atoms with Gasteiger partial charge in [-0.3, -0.25) is 9.59 Å². The van der Waals surface area contributed by atoms with Gasteiger partial charge in [-0.25, -0.2) is 0 Å². The summed E-state index contributed by atoms with van der Waals surface area (Å²) in [5.41, 5.74) is 6.83. The Kier molecular flexibility index (Phi) is 4.90. The summed E-state index contributed by atoms with van der Waals surface area (Å²) >= 11 is 0. The largest absolute Gasteiger partial charge is 0.366 e. The smallest absolute Gasteiger partial charge is 0.248 e. The molecule has 0 aliphatic carbocycles. The average Bonchev–Trinajstić information content (AvgIpc) is 3.03. The molecule has 1 atom stereocenters. The lowest BCUT2D eigenvalue weighted by molar-refractivity contribution is -0.141. The second-order valence-electron chi connectivity index (χ2n) is 7.49. The average molecular weight is 329 g/mol. The molecule has 2 fully saturated rings. The predicted octanol–water partition coefficient (Wildman–Crippen LogP) is 1.57. The number of amides is 2. The first-order chi connectivity index (χ1) is 11.5. The minimum absolute atomic E-state index is 0.202. The number of nitrogens with two attached hydrogens (primary N) is 1. The van der Waals surface area contributed by atoms with Crippen molar-refractivity contribution in [2.24, 2.45) is 17.1 Å². The molecular formula is C19H27N3O2. The van der Waals surface area contributed by atoms with Crippen molar-refractivity contribution in [3.05, 3.63) is 35.4 Å². The minimum Gasteiger partial charge on any atom is -0.366 e. The van der Waals surface area contributed by atoms with Crippen LogP contribution in [0.1, 0.15) is 42.1 Å². The predicted molar refractivity (Wildman–Crippen MR) is 93.6 cm³/mol. The summed E-state index contributed by atoms with van der Waals surface area (Å²) in [7, 11) is 0. The highest BCUT2D eigenvalue weighted by Crippen LogP contribution is 2.33. The van der Waals surface area contributed by atoms with E-state index in [1.54, 1.807) is 6.07 Å². The molecule has 2 aliphatic heterocycles. The number of hydrogen-bond acceptors (Lipinski definition) is 3.